The van der Waals surface area contributed by atoms with Crippen molar-refractivity contribution in [1.29, 1.82) is 5.26 Å². The quantitative estimate of drug-likeness (QED) is 0.482. The van der Waals surface area contributed by atoms with E-state index in [0.29, 0.717) is 11.1 Å². The molecule has 0 aliphatic rings. The van der Waals surface area contributed by atoms with Crippen LogP contribution in [0.5, 0.6) is 0 Å². The van der Waals surface area contributed by atoms with Gasteiger partial charge in [0.25, 0.3) is 0 Å². The van der Waals surface area contributed by atoms with Crippen LogP contribution in [0.1, 0.15) is 22.7 Å². The first kappa shape index (κ1) is 24.1. The van der Waals surface area contributed by atoms with E-state index in [4.69, 9.17) is 5.26 Å². The van der Waals surface area contributed by atoms with Crippen molar-refractivity contribution in [2.24, 2.45) is 0 Å². The number of rotatable bonds is 8. The molecule has 0 fully saturated rings. The van der Waals surface area contributed by atoms with Gasteiger partial charge in [-0.2, -0.15) is 9.98 Å². The lowest BCUT2D eigenvalue weighted by atomic mass is 10.1. The molecule has 0 spiro atoms. The predicted octanol–water partition coefficient (Wildman–Crippen LogP) is 4.43. The second kappa shape index (κ2) is 9.96. The Morgan fingerprint density at radius 3 is 2.06 bits per heavy atom. The number of aryl methyl sites for hydroxylation is 1. The van der Waals surface area contributed by atoms with Crippen LogP contribution in [0.3, 0.4) is 0 Å². The first-order valence-electron chi connectivity index (χ1n) is 9.91. The lowest BCUT2D eigenvalue weighted by Gasteiger charge is -2.23. The van der Waals surface area contributed by atoms with E-state index in [9.17, 15) is 16.8 Å². The van der Waals surface area contributed by atoms with Crippen LogP contribution in [0.2, 0.25) is 0 Å². The highest BCUT2D eigenvalue weighted by Gasteiger charge is 2.32. The summed E-state index contributed by atoms with van der Waals surface area (Å²) in [6.07, 6.45) is 2.58. The lowest BCUT2D eigenvalue weighted by Crippen LogP contribution is -2.32. The Bertz CT molecular complexity index is 1420. The molecule has 1 unspecified atom stereocenters. The number of sulfonamides is 1. The third kappa shape index (κ3) is 5.46. The summed E-state index contributed by atoms with van der Waals surface area (Å²) in [5.41, 5.74) is 1.60. The van der Waals surface area contributed by atoms with Gasteiger partial charge in [-0.1, -0.05) is 60.7 Å². The molecule has 3 aromatic carbocycles. The SMILES string of the molecule is C=C/C=C(\C(NS(=O)(=O)c1ccccc1)c1ccc(C#N)cc1)S(=O)(=O)c1ccc(C)cc1. The molecule has 6 nitrogen and oxygen atoms in total. The molecule has 0 heterocycles. The zero-order valence-corrected chi connectivity index (χ0v) is 19.5. The standard InChI is InChI=1S/C25H22N2O4S2/c1-3-7-24(32(28,29)22-16-10-19(2)11-17-22)25(21-14-12-20(18-26)13-15-21)27-33(30,31)23-8-5-4-6-9-23/h3-17,25,27H,1H2,2H3/b24-7+. The van der Waals surface area contributed by atoms with Crippen molar-refractivity contribution < 1.29 is 16.8 Å². The number of hydrogen-bond acceptors (Lipinski definition) is 5. The minimum atomic E-state index is -4.10. The molecule has 33 heavy (non-hydrogen) atoms. The molecule has 0 saturated carbocycles. The van der Waals surface area contributed by atoms with Crippen molar-refractivity contribution in [1.82, 2.24) is 4.72 Å². The number of allylic oxidation sites excluding steroid dienone is 2. The Hall–Kier alpha value is -3.51. The Morgan fingerprint density at radius 2 is 1.52 bits per heavy atom. The topological polar surface area (TPSA) is 104 Å². The summed E-state index contributed by atoms with van der Waals surface area (Å²) in [7, 11) is -8.19. The molecule has 0 aromatic heterocycles. The fraction of sp³-hybridized carbons (Fsp3) is 0.0800. The van der Waals surface area contributed by atoms with Crippen molar-refractivity contribution in [3.8, 4) is 6.07 Å². The molecular weight excluding hydrogens is 456 g/mol. The molecule has 0 amide bonds. The summed E-state index contributed by atoms with van der Waals surface area (Å²) in [5, 5.41) is 9.11. The molecule has 1 N–H and O–H groups in total. The molecule has 8 heteroatoms. The fourth-order valence-corrected chi connectivity index (χ4v) is 6.02. The van der Waals surface area contributed by atoms with Crippen molar-refractivity contribution in [3.05, 3.63) is 119 Å². The highest BCUT2D eigenvalue weighted by Crippen LogP contribution is 2.33. The summed E-state index contributed by atoms with van der Waals surface area (Å²) in [6, 6.07) is 20.8. The first-order valence-corrected chi connectivity index (χ1v) is 12.9. The van der Waals surface area contributed by atoms with E-state index in [0.717, 1.165) is 5.56 Å². The van der Waals surface area contributed by atoms with E-state index in [-0.39, 0.29) is 14.7 Å². The van der Waals surface area contributed by atoms with Crippen LogP contribution in [0.25, 0.3) is 0 Å². The van der Waals surface area contributed by atoms with Crippen LogP contribution in [0.4, 0.5) is 0 Å². The molecule has 168 valence electrons. The Balaban J connectivity index is 2.19. The van der Waals surface area contributed by atoms with E-state index in [1.54, 1.807) is 30.3 Å². The largest absolute Gasteiger partial charge is 0.241 e. The highest BCUT2D eigenvalue weighted by molar-refractivity contribution is 7.95. The van der Waals surface area contributed by atoms with Crippen LogP contribution in [0.15, 0.2) is 112 Å². The molecule has 0 aliphatic heterocycles. The predicted molar refractivity (Wildman–Crippen MR) is 127 cm³/mol. The monoisotopic (exact) mass is 478 g/mol. The average molecular weight is 479 g/mol. The number of benzene rings is 3. The van der Waals surface area contributed by atoms with Gasteiger partial charge in [0, 0.05) is 0 Å². The molecule has 0 radical (unpaired) electrons. The van der Waals surface area contributed by atoms with Gasteiger partial charge in [-0.05, 0) is 55.0 Å². The number of nitriles is 1. The van der Waals surface area contributed by atoms with Gasteiger partial charge in [0.15, 0.2) is 0 Å². The second-order valence-electron chi connectivity index (χ2n) is 7.22. The van der Waals surface area contributed by atoms with Gasteiger partial charge in [0.2, 0.25) is 19.9 Å². The van der Waals surface area contributed by atoms with Gasteiger partial charge < -0.3 is 0 Å². The van der Waals surface area contributed by atoms with Crippen LogP contribution >= 0.6 is 0 Å². The Morgan fingerprint density at radius 1 is 0.909 bits per heavy atom. The minimum Gasteiger partial charge on any atom is -0.219 e. The maximum atomic E-state index is 13.6. The van der Waals surface area contributed by atoms with Gasteiger partial charge in [0.05, 0.1) is 32.4 Å². The maximum Gasteiger partial charge on any atom is 0.241 e. The highest BCUT2D eigenvalue weighted by atomic mass is 32.2. The molecule has 3 rings (SSSR count). The van der Waals surface area contributed by atoms with Crippen molar-refractivity contribution in [2.75, 3.05) is 0 Å². The summed E-state index contributed by atoms with van der Waals surface area (Å²) in [5.74, 6) is 0. The van der Waals surface area contributed by atoms with Crippen LogP contribution in [-0.2, 0) is 19.9 Å². The molecule has 0 aliphatic carbocycles. The summed E-state index contributed by atoms with van der Waals surface area (Å²) < 4.78 is 56.0. The van der Waals surface area contributed by atoms with E-state index in [1.807, 2.05) is 13.0 Å². The van der Waals surface area contributed by atoms with Gasteiger partial charge in [-0.25, -0.2) is 16.8 Å². The number of hydrogen-bond donors (Lipinski definition) is 1. The third-order valence-corrected chi connectivity index (χ3v) is 8.23. The zero-order valence-electron chi connectivity index (χ0n) is 17.8. The van der Waals surface area contributed by atoms with Gasteiger partial charge >= 0.3 is 0 Å². The van der Waals surface area contributed by atoms with Crippen molar-refractivity contribution in [3.63, 3.8) is 0 Å². The number of nitrogens with zero attached hydrogens (tertiary/aromatic N) is 1. The van der Waals surface area contributed by atoms with E-state index in [2.05, 4.69) is 11.3 Å². The minimum absolute atomic E-state index is 0.00525. The first-order chi connectivity index (χ1) is 15.7. The van der Waals surface area contributed by atoms with E-state index < -0.39 is 25.9 Å². The Kier molecular flexibility index (Phi) is 7.29. The van der Waals surface area contributed by atoms with E-state index in [1.165, 1.54) is 60.7 Å². The average Bonchev–Trinajstić information content (AvgIpc) is 2.82. The van der Waals surface area contributed by atoms with Crippen LogP contribution < -0.4 is 4.72 Å². The summed E-state index contributed by atoms with van der Waals surface area (Å²) in [6.45, 7) is 5.46. The van der Waals surface area contributed by atoms with Gasteiger partial charge in [-0.15, -0.1) is 0 Å². The van der Waals surface area contributed by atoms with Crippen molar-refractivity contribution >= 4 is 19.9 Å². The summed E-state index contributed by atoms with van der Waals surface area (Å²) in [4.78, 5) is -0.168. The van der Waals surface area contributed by atoms with Gasteiger partial charge in [-0.3, -0.25) is 0 Å². The fourth-order valence-electron chi connectivity index (χ4n) is 3.17. The number of sulfone groups is 1. The Labute approximate surface area is 194 Å². The molecular formula is C25H22N2O4S2. The lowest BCUT2D eigenvalue weighted by molar-refractivity contribution is 0.569. The zero-order chi connectivity index (χ0) is 24.1. The number of nitrogens with one attached hydrogen (secondary N) is 1. The van der Waals surface area contributed by atoms with Gasteiger partial charge in [0.1, 0.15) is 0 Å². The van der Waals surface area contributed by atoms with Crippen LogP contribution in [0, 0.1) is 18.3 Å². The van der Waals surface area contributed by atoms with E-state index >= 15 is 0 Å². The summed E-state index contributed by atoms with van der Waals surface area (Å²) >= 11 is 0. The molecule has 1 atom stereocenters. The second-order valence-corrected chi connectivity index (χ2v) is 10.9. The third-order valence-electron chi connectivity index (χ3n) is 4.91. The van der Waals surface area contributed by atoms with Crippen molar-refractivity contribution in [2.45, 2.75) is 22.8 Å². The normalized spacial score (nSPS) is 13.2. The van der Waals surface area contributed by atoms with Crippen LogP contribution in [-0.4, -0.2) is 16.8 Å². The smallest absolute Gasteiger partial charge is 0.219 e. The molecule has 0 saturated heterocycles. The maximum absolute atomic E-state index is 13.6. The molecule has 3 aromatic rings. The molecule has 0 bridgehead atoms.